The van der Waals surface area contributed by atoms with Crippen molar-refractivity contribution in [3.8, 4) is 0 Å². The molecule has 0 amide bonds. The van der Waals surface area contributed by atoms with Gasteiger partial charge >= 0.3 is 0 Å². The zero-order chi connectivity index (χ0) is 8.39. The highest BCUT2D eigenvalue weighted by atomic mass is 16.6. The van der Waals surface area contributed by atoms with Crippen LogP contribution in [0.25, 0.3) is 0 Å². The average Bonchev–Trinajstić information content (AvgIpc) is 2.50. The molecule has 2 rings (SSSR count). The normalized spacial score (nSPS) is 30.2. The van der Waals surface area contributed by atoms with Gasteiger partial charge in [0, 0.05) is 0 Å². The van der Waals surface area contributed by atoms with Crippen LogP contribution in [0, 0.1) is 5.92 Å². The summed E-state index contributed by atoms with van der Waals surface area (Å²) in [6.45, 7) is 0. The number of hydrogen-bond donors (Lipinski definition) is 0. The van der Waals surface area contributed by atoms with Gasteiger partial charge in [-0.25, -0.2) is 0 Å². The minimum absolute atomic E-state index is 0.712. The van der Waals surface area contributed by atoms with Crippen LogP contribution in [0.3, 0.4) is 0 Å². The molecule has 0 spiro atoms. The summed E-state index contributed by atoms with van der Waals surface area (Å²) < 4.78 is 0. The van der Waals surface area contributed by atoms with Crippen LogP contribution in [0.1, 0.15) is 19.3 Å². The Morgan fingerprint density at radius 3 is 3.33 bits per heavy atom. The van der Waals surface area contributed by atoms with E-state index in [9.17, 15) is 0 Å². The molecule has 0 N–H and O–H groups in total. The van der Waals surface area contributed by atoms with E-state index in [1.807, 2.05) is 0 Å². The lowest BCUT2D eigenvalue weighted by molar-refractivity contribution is 0.213. The van der Waals surface area contributed by atoms with Crippen molar-refractivity contribution in [1.82, 2.24) is 0 Å². The molecule has 0 aliphatic heterocycles. The Morgan fingerprint density at radius 1 is 1.58 bits per heavy atom. The fourth-order valence-electron chi connectivity index (χ4n) is 1.95. The summed E-state index contributed by atoms with van der Waals surface area (Å²) in [5, 5.41) is 4.02. The average molecular weight is 163 g/mol. The van der Waals surface area contributed by atoms with Gasteiger partial charge in [-0.05, 0) is 30.8 Å². The molecule has 0 aromatic rings. The maximum atomic E-state index is 4.80. The molecule has 0 aromatic carbocycles. The van der Waals surface area contributed by atoms with Crippen molar-refractivity contribution in [2.75, 3.05) is 7.11 Å². The minimum atomic E-state index is 0.712. The van der Waals surface area contributed by atoms with E-state index in [1.54, 1.807) is 7.11 Å². The molecule has 2 heteroatoms. The Labute approximate surface area is 72.6 Å². The van der Waals surface area contributed by atoms with Gasteiger partial charge in [0.15, 0.2) is 0 Å². The molecule has 0 heterocycles. The molecule has 2 aliphatic rings. The van der Waals surface area contributed by atoms with Gasteiger partial charge in [0.05, 0.1) is 5.71 Å². The number of rotatable bonds is 1. The highest BCUT2D eigenvalue weighted by molar-refractivity contribution is 6.02. The van der Waals surface area contributed by atoms with Gasteiger partial charge in [0.1, 0.15) is 7.11 Å². The van der Waals surface area contributed by atoms with Crippen molar-refractivity contribution < 1.29 is 4.84 Å². The van der Waals surface area contributed by atoms with Crippen molar-refractivity contribution >= 4 is 5.71 Å². The highest BCUT2D eigenvalue weighted by Gasteiger charge is 2.27. The molecule has 64 valence electrons. The van der Waals surface area contributed by atoms with Gasteiger partial charge in [-0.2, -0.15) is 0 Å². The number of oxime groups is 1. The maximum absolute atomic E-state index is 4.80. The second-order valence-electron chi connectivity index (χ2n) is 3.24. The van der Waals surface area contributed by atoms with Gasteiger partial charge in [0.25, 0.3) is 0 Å². The SMILES string of the molecule is CO/N=C1\CCC2CC=CC=C12. The van der Waals surface area contributed by atoms with Crippen LogP contribution < -0.4 is 0 Å². The quantitative estimate of drug-likeness (QED) is 0.543. The van der Waals surface area contributed by atoms with Crippen LogP contribution in [0.15, 0.2) is 29.0 Å². The first-order valence-corrected chi connectivity index (χ1v) is 4.39. The van der Waals surface area contributed by atoms with E-state index in [2.05, 4.69) is 23.4 Å². The van der Waals surface area contributed by atoms with Crippen LogP contribution in [0.2, 0.25) is 0 Å². The summed E-state index contributed by atoms with van der Waals surface area (Å²) in [5.41, 5.74) is 2.53. The fraction of sp³-hybridized carbons (Fsp3) is 0.500. The predicted octanol–water partition coefficient (Wildman–Crippen LogP) is 2.29. The van der Waals surface area contributed by atoms with Gasteiger partial charge in [0.2, 0.25) is 0 Å². The molecule has 0 aromatic heterocycles. The molecule has 1 fully saturated rings. The Kier molecular flexibility index (Phi) is 1.98. The van der Waals surface area contributed by atoms with Crippen LogP contribution >= 0.6 is 0 Å². The van der Waals surface area contributed by atoms with Crippen molar-refractivity contribution in [1.29, 1.82) is 0 Å². The minimum Gasteiger partial charge on any atom is -0.399 e. The lowest BCUT2D eigenvalue weighted by atomic mass is 9.94. The first kappa shape index (κ1) is 7.59. The Bertz CT molecular complexity index is 263. The van der Waals surface area contributed by atoms with Gasteiger partial charge in [-0.1, -0.05) is 23.4 Å². The Morgan fingerprint density at radius 2 is 2.50 bits per heavy atom. The van der Waals surface area contributed by atoms with E-state index < -0.39 is 0 Å². The first-order valence-electron chi connectivity index (χ1n) is 4.39. The third-order valence-electron chi connectivity index (χ3n) is 2.54. The second kappa shape index (κ2) is 3.13. The van der Waals surface area contributed by atoms with E-state index in [-0.39, 0.29) is 0 Å². The fourth-order valence-corrected chi connectivity index (χ4v) is 1.95. The predicted molar refractivity (Wildman–Crippen MR) is 49.0 cm³/mol. The van der Waals surface area contributed by atoms with Crippen LogP contribution in [-0.2, 0) is 4.84 Å². The second-order valence-corrected chi connectivity index (χ2v) is 3.24. The highest BCUT2D eigenvalue weighted by Crippen LogP contribution is 2.34. The van der Waals surface area contributed by atoms with Gasteiger partial charge in [-0.15, -0.1) is 0 Å². The lowest BCUT2D eigenvalue weighted by Crippen LogP contribution is -2.03. The van der Waals surface area contributed by atoms with Gasteiger partial charge in [-0.3, -0.25) is 0 Å². The van der Waals surface area contributed by atoms with Crippen molar-refractivity contribution in [2.45, 2.75) is 19.3 Å². The molecule has 0 bridgehead atoms. The molecule has 2 aliphatic carbocycles. The third-order valence-corrected chi connectivity index (χ3v) is 2.54. The standard InChI is InChI=1S/C10H13NO/c1-12-11-10-7-6-8-4-2-3-5-9(8)10/h2-3,5,8H,4,6-7H2,1H3/b11-10+. The van der Waals surface area contributed by atoms with E-state index in [0.29, 0.717) is 5.92 Å². The number of hydrogen-bond acceptors (Lipinski definition) is 2. The number of allylic oxidation sites excluding steroid dienone is 4. The van der Waals surface area contributed by atoms with E-state index in [0.717, 1.165) is 12.1 Å². The third kappa shape index (κ3) is 1.17. The molecular formula is C10H13NO. The van der Waals surface area contributed by atoms with Gasteiger partial charge < -0.3 is 4.84 Å². The molecule has 0 saturated heterocycles. The monoisotopic (exact) mass is 163 g/mol. The molecule has 0 radical (unpaired) electrons. The zero-order valence-electron chi connectivity index (χ0n) is 7.29. The summed E-state index contributed by atoms with van der Waals surface area (Å²) in [6, 6.07) is 0. The van der Waals surface area contributed by atoms with Crippen molar-refractivity contribution in [3.63, 3.8) is 0 Å². The molecule has 12 heavy (non-hydrogen) atoms. The summed E-state index contributed by atoms with van der Waals surface area (Å²) in [7, 11) is 1.61. The Balaban J connectivity index is 2.25. The van der Waals surface area contributed by atoms with E-state index >= 15 is 0 Å². The molecule has 2 nitrogen and oxygen atoms in total. The van der Waals surface area contributed by atoms with E-state index in [4.69, 9.17) is 4.84 Å². The maximum Gasteiger partial charge on any atom is 0.106 e. The first-order chi connectivity index (χ1) is 5.92. The largest absolute Gasteiger partial charge is 0.399 e. The zero-order valence-corrected chi connectivity index (χ0v) is 7.29. The summed E-state index contributed by atoms with van der Waals surface area (Å²) in [4.78, 5) is 4.80. The Hall–Kier alpha value is -1.05. The summed E-state index contributed by atoms with van der Waals surface area (Å²) >= 11 is 0. The molecular weight excluding hydrogens is 150 g/mol. The summed E-state index contributed by atoms with van der Waals surface area (Å²) in [5.74, 6) is 0.712. The smallest absolute Gasteiger partial charge is 0.106 e. The topological polar surface area (TPSA) is 21.6 Å². The van der Waals surface area contributed by atoms with E-state index in [1.165, 1.54) is 18.4 Å². The molecule has 1 saturated carbocycles. The molecule has 1 atom stereocenters. The lowest BCUT2D eigenvalue weighted by Gasteiger charge is -2.11. The van der Waals surface area contributed by atoms with Crippen molar-refractivity contribution in [2.24, 2.45) is 11.1 Å². The summed E-state index contributed by atoms with van der Waals surface area (Å²) in [6.07, 6.45) is 9.99. The van der Waals surface area contributed by atoms with Crippen LogP contribution in [-0.4, -0.2) is 12.8 Å². The van der Waals surface area contributed by atoms with Crippen LogP contribution in [0.5, 0.6) is 0 Å². The number of fused-ring (bicyclic) bond motifs is 1. The van der Waals surface area contributed by atoms with Crippen LogP contribution in [0.4, 0.5) is 0 Å². The van der Waals surface area contributed by atoms with Crippen molar-refractivity contribution in [3.05, 3.63) is 23.8 Å². The number of nitrogens with zero attached hydrogens (tertiary/aromatic N) is 1. The molecule has 1 unspecified atom stereocenters.